The zero-order valence-electron chi connectivity index (χ0n) is 13.3. The highest BCUT2D eigenvalue weighted by Crippen LogP contribution is 2.30. The van der Waals surface area contributed by atoms with Gasteiger partial charge in [0, 0.05) is 6.42 Å². The summed E-state index contributed by atoms with van der Waals surface area (Å²) in [5, 5.41) is 9.99. The normalized spacial score (nSPS) is 11.1. The SMILES string of the molecule is CCCCCCCC(=O)c1c(O)ccc(C(C)C)c1C. The minimum atomic E-state index is 0.0824. The first-order valence-corrected chi connectivity index (χ1v) is 7.84. The van der Waals surface area contributed by atoms with Crippen LogP contribution >= 0.6 is 0 Å². The Kier molecular flexibility index (Phi) is 6.77. The van der Waals surface area contributed by atoms with Crippen LogP contribution in [0.2, 0.25) is 0 Å². The second kappa shape index (κ2) is 8.08. The van der Waals surface area contributed by atoms with Crippen LogP contribution in [-0.2, 0) is 0 Å². The molecule has 2 heteroatoms. The van der Waals surface area contributed by atoms with E-state index in [1.54, 1.807) is 6.07 Å². The van der Waals surface area contributed by atoms with Crippen LogP contribution in [-0.4, -0.2) is 10.9 Å². The van der Waals surface area contributed by atoms with Gasteiger partial charge in [-0.1, -0.05) is 52.5 Å². The maximum Gasteiger partial charge on any atom is 0.166 e. The van der Waals surface area contributed by atoms with Crippen LogP contribution in [0, 0.1) is 6.92 Å². The lowest BCUT2D eigenvalue weighted by atomic mass is 9.90. The zero-order chi connectivity index (χ0) is 15.1. The maximum atomic E-state index is 12.3. The van der Waals surface area contributed by atoms with Gasteiger partial charge in [-0.05, 0) is 36.5 Å². The molecule has 112 valence electrons. The lowest BCUT2D eigenvalue weighted by Gasteiger charge is -2.15. The molecule has 1 aromatic carbocycles. The van der Waals surface area contributed by atoms with Crippen LogP contribution < -0.4 is 0 Å². The van der Waals surface area contributed by atoms with Crippen molar-refractivity contribution in [1.29, 1.82) is 0 Å². The number of phenolic OH excluding ortho intramolecular Hbond substituents is 1. The van der Waals surface area contributed by atoms with Crippen LogP contribution in [0.5, 0.6) is 5.75 Å². The third-order valence-corrected chi connectivity index (χ3v) is 3.89. The molecule has 0 spiro atoms. The van der Waals surface area contributed by atoms with Gasteiger partial charge in [0.05, 0.1) is 5.56 Å². The summed E-state index contributed by atoms with van der Waals surface area (Å²) >= 11 is 0. The van der Waals surface area contributed by atoms with Crippen LogP contribution in [0.1, 0.15) is 86.7 Å². The Hall–Kier alpha value is -1.31. The summed E-state index contributed by atoms with van der Waals surface area (Å²) < 4.78 is 0. The molecule has 2 nitrogen and oxygen atoms in total. The number of Topliss-reactive ketones (excluding diaryl/α,β-unsaturated/α-hetero) is 1. The maximum absolute atomic E-state index is 12.3. The molecule has 0 unspecified atom stereocenters. The molecular weight excluding hydrogens is 248 g/mol. The van der Waals surface area contributed by atoms with Gasteiger partial charge < -0.3 is 5.11 Å². The van der Waals surface area contributed by atoms with E-state index in [9.17, 15) is 9.90 Å². The summed E-state index contributed by atoms with van der Waals surface area (Å²) in [4.78, 5) is 12.3. The number of benzene rings is 1. The van der Waals surface area contributed by atoms with Crippen molar-refractivity contribution in [3.63, 3.8) is 0 Å². The molecule has 0 aliphatic rings. The Bertz CT molecular complexity index is 447. The fourth-order valence-electron chi connectivity index (χ4n) is 2.71. The van der Waals surface area contributed by atoms with Gasteiger partial charge in [-0.25, -0.2) is 0 Å². The van der Waals surface area contributed by atoms with Gasteiger partial charge in [-0.3, -0.25) is 4.79 Å². The molecule has 1 N–H and O–H groups in total. The van der Waals surface area contributed by atoms with Crippen molar-refractivity contribution >= 4 is 5.78 Å². The molecule has 0 heterocycles. The van der Waals surface area contributed by atoms with E-state index >= 15 is 0 Å². The molecule has 0 aliphatic heterocycles. The number of hydrogen-bond acceptors (Lipinski definition) is 2. The van der Waals surface area contributed by atoms with E-state index in [0.29, 0.717) is 17.9 Å². The topological polar surface area (TPSA) is 37.3 Å². The third-order valence-electron chi connectivity index (χ3n) is 3.89. The van der Waals surface area contributed by atoms with Gasteiger partial charge in [0.2, 0.25) is 0 Å². The quantitative estimate of drug-likeness (QED) is 0.512. The van der Waals surface area contributed by atoms with Crippen molar-refractivity contribution in [2.45, 2.75) is 72.1 Å². The summed E-state index contributed by atoms with van der Waals surface area (Å²) in [6, 6.07) is 3.58. The molecule has 0 radical (unpaired) electrons. The van der Waals surface area contributed by atoms with Crippen molar-refractivity contribution in [2.24, 2.45) is 0 Å². The third kappa shape index (κ3) is 4.36. The van der Waals surface area contributed by atoms with E-state index in [1.807, 2.05) is 13.0 Å². The molecule has 1 aromatic rings. The predicted molar refractivity (Wildman–Crippen MR) is 84.6 cm³/mol. The largest absolute Gasteiger partial charge is 0.507 e. The number of carbonyl (C=O) groups excluding carboxylic acids is 1. The molecule has 0 atom stereocenters. The fourth-order valence-corrected chi connectivity index (χ4v) is 2.71. The highest BCUT2D eigenvalue weighted by atomic mass is 16.3. The molecule has 20 heavy (non-hydrogen) atoms. The Morgan fingerprint density at radius 1 is 1.15 bits per heavy atom. The molecule has 0 saturated heterocycles. The zero-order valence-corrected chi connectivity index (χ0v) is 13.3. The molecule has 0 saturated carbocycles. The van der Waals surface area contributed by atoms with Gasteiger partial charge in [0.15, 0.2) is 5.78 Å². The summed E-state index contributed by atoms with van der Waals surface area (Å²) in [6.07, 6.45) is 6.21. The molecule has 0 bridgehead atoms. The average molecular weight is 276 g/mol. The van der Waals surface area contributed by atoms with E-state index in [0.717, 1.165) is 24.0 Å². The van der Waals surface area contributed by atoms with E-state index in [2.05, 4.69) is 20.8 Å². The standard InChI is InChI=1S/C18H28O2/c1-5-6-7-8-9-10-16(19)18-14(4)15(13(2)3)11-12-17(18)20/h11-13,20H,5-10H2,1-4H3. The molecule has 1 rings (SSSR count). The summed E-state index contributed by atoms with van der Waals surface area (Å²) in [5.41, 5.74) is 2.63. The van der Waals surface area contributed by atoms with Gasteiger partial charge in [-0.2, -0.15) is 0 Å². The number of unbranched alkanes of at least 4 members (excludes halogenated alkanes) is 4. The Morgan fingerprint density at radius 3 is 2.40 bits per heavy atom. The van der Waals surface area contributed by atoms with Crippen molar-refractivity contribution in [1.82, 2.24) is 0 Å². The predicted octanol–water partition coefficient (Wildman–Crippen LogP) is 5.37. The second-order valence-electron chi connectivity index (χ2n) is 5.92. The first kappa shape index (κ1) is 16.7. The fraction of sp³-hybridized carbons (Fsp3) is 0.611. The summed E-state index contributed by atoms with van der Waals surface area (Å²) in [5.74, 6) is 0.580. The number of hydrogen-bond donors (Lipinski definition) is 1. The first-order chi connectivity index (χ1) is 9.49. The van der Waals surface area contributed by atoms with Crippen molar-refractivity contribution in [3.8, 4) is 5.75 Å². The Morgan fingerprint density at radius 2 is 1.80 bits per heavy atom. The van der Waals surface area contributed by atoms with Crippen molar-refractivity contribution in [2.75, 3.05) is 0 Å². The smallest absolute Gasteiger partial charge is 0.166 e. The minimum absolute atomic E-state index is 0.0824. The second-order valence-corrected chi connectivity index (χ2v) is 5.92. The lowest BCUT2D eigenvalue weighted by molar-refractivity contribution is 0.0976. The number of ketones is 1. The summed E-state index contributed by atoms with van der Waals surface area (Å²) in [7, 11) is 0. The lowest BCUT2D eigenvalue weighted by Crippen LogP contribution is -2.05. The van der Waals surface area contributed by atoms with Gasteiger partial charge in [0.25, 0.3) is 0 Å². The average Bonchev–Trinajstić information content (AvgIpc) is 2.38. The molecular formula is C18H28O2. The van der Waals surface area contributed by atoms with Crippen molar-refractivity contribution < 1.29 is 9.90 Å². The number of aromatic hydroxyl groups is 1. The van der Waals surface area contributed by atoms with Gasteiger partial charge in [-0.15, -0.1) is 0 Å². The van der Waals surface area contributed by atoms with Crippen LogP contribution in [0.3, 0.4) is 0 Å². The molecule has 0 amide bonds. The highest BCUT2D eigenvalue weighted by molar-refractivity contribution is 6.00. The highest BCUT2D eigenvalue weighted by Gasteiger charge is 2.17. The van der Waals surface area contributed by atoms with E-state index < -0.39 is 0 Å². The first-order valence-electron chi connectivity index (χ1n) is 7.84. The van der Waals surface area contributed by atoms with Crippen molar-refractivity contribution in [3.05, 3.63) is 28.8 Å². The Balaban J connectivity index is 2.74. The minimum Gasteiger partial charge on any atom is -0.507 e. The molecule has 0 aliphatic carbocycles. The molecule has 0 fully saturated rings. The van der Waals surface area contributed by atoms with Crippen LogP contribution in [0.4, 0.5) is 0 Å². The van der Waals surface area contributed by atoms with E-state index in [1.165, 1.54) is 19.3 Å². The molecule has 0 aromatic heterocycles. The number of rotatable bonds is 8. The monoisotopic (exact) mass is 276 g/mol. The van der Waals surface area contributed by atoms with Crippen LogP contribution in [0.15, 0.2) is 12.1 Å². The van der Waals surface area contributed by atoms with E-state index in [-0.39, 0.29) is 11.5 Å². The van der Waals surface area contributed by atoms with Crippen LogP contribution in [0.25, 0.3) is 0 Å². The van der Waals surface area contributed by atoms with E-state index in [4.69, 9.17) is 0 Å². The number of carbonyl (C=O) groups is 1. The number of phenols is 1. The van der Waals surface area contributed by atoms with Gasteiger partial charge >= 0.3 is 0 Å². The van der Waals surface area contributed by atoms with Gasteiger partial charge in [0.1, 0.15) is 5.75 Å². The Labute approximate surface area is 123 Å². The summed E-state index contributed by atoms with van der Waals surface area (Å²) in [6.45, 7) is 8.35.